The Hall–Kier alpha value is -2.82. The molecule has 4 nitrogen and oxygen atoms in total. The summed E-state index contributed by atoms with van der Waals surface area (Å²) in [7, 11) is 0. The van der Waals surface area contributed by atoms with E-state index in [2.05, 4.69) is 15.6 Å². The first-order valence-corrected chi connectivity index (χ1v) is 6.99. The van der Waals surface area contributed by atoms with E-state index in [1.54, 1.807) is 12.1 Å². The number of anilines is 1. The van der Waals surface area contributed by atoms with E-state index in [0.29, 0.717) is 6.54 Å². The summed E-state index contributed by atoms with van der Waals surface area (Å²) < 4.78 is 12.8. The Bertz CT molecular complexity index is 808. The summed E-state index contributed by atoms with van der Waals surface area (Å²) >= 11 is 0. The number of nitrogens with one attached hydrogen (secondary N) is 3. The molecule has 0 aliphatic rings. The normalized spacial score (nSPS) is 10.6. The Morgan fingerprint density at radius 3 is 2.73 bits per heavy atom. The number of benzene rings is 2. The summed E-state index contributed by atoms with van der Waals surface area (Å²) in [6.07, 6.45) is 0. The number of hydrogen-bond donors (Lipinski definition) is 3. The molecule has 1 aromatic heterocycles. The molecule has 0 fully saturated rings. The zero-order valence-electron chi connectivity index (χ0n) is 12.1. The fourth-order valence-electron chi connectivity index (χ4n) is 2.35. The number of fused-ring (bicyclic) bond motifs is 1. The molecule has 0 saturated carbocycles. The van der Waals surface area contributed by atoms with E-state index in [0.717, 1.165) is 27.8 Å². The number of rotatable bonds is 3. The predicted molar refractivity (Wildman–Crippen MR) is 85.3 cm³/mol. The first-order chi connectivity index (χ1) is 10.6. The van der Waals surface area contributed by atoms with Crippen molar-refractivity contribution in [2.45, 2.75) is 13.5 Å². The maximum absolute atomic E-state index is 12.8. The third kappa shape index (κ3) is 3.09. The minimum Gasteiger partial charge on any atom is -0.359 e. The number of amides is 2. The number of halogens is 1. The summed E-state index contributed by atoms with van der Waals surface area (Å²) in [5.74, 6) is -0.289. The van der Waals surface area contributed by atoms with E-state index in [-0.39, 0.29) is 11.8 Å². The highest BCUT2D eigenvalue weighted by Crippen LogP contribution is 2.23. The van der Waals surface area contributed by atoms with Crippen LogP contribution in [0.4, 0.5) is 14.9 Å². The van der Waals surface area contributed by atoms with Gasteiger partial charge in [0.1, 0.15) is 5.82 Å². The summed E-state index contributed by atoms with van der Waals surface area (Å²) in [5, 5.41) is 6.56. The predicted octanol–water partition coefficient (Wildman–Crippen LogP) is 3.94. The van der Waals surface area contributed by atoms with Crippen molar-refractivity contribution < 1.29 is 9.18 Å². The second kappa shape index (κ2) is 5.89. The molecule has 0 spiro atoms. The van der Waals surface area contributed by atoms with Crippen molar-refractivity contribution in [3.8, 4) is 0 Å². The molecule has 3 N–H and O–H groups in total. The molecule has 0 atom stereocenters. The average Bonchev–Trinajstić information content (AvgIpc) is 2.88. The zero-order chi connectivity index (χ0) is 15.5. The van der Waals surface area contributed by atoms with Crippen LogP contribution in [0.15, 0.2) is 48.5 Å². The quantitative estimate of drug-likeness (QED) is 0.674. The van der Waals surface area contributed by atoms with Gasteiger partial charge in [0.05, 0.1) is 5.69 Å². The van der Waals surface area contributed by atoms with E-state index in [1.165, 1.54) is 12.1 Å². The number of hydrogen-bond acceptors (Lipinski definition) is 1. The van der Waals surface area contributed by atoms with Gasteiger partial charge in [0.2, 0.25) is 0 Å². The monoisotopic (exact) mass is 297 g/mol. The third-order valence-electron chi connectivity index (χ3n) is 3.41. The molecule has 0 aliphatic carbocycles. The van der Waals surface area contributed by atoms with Gasteiger partial charge in [-0.3, -0.25) is 0 Å². The zero-order valence-corrected chi connectivity index (χ0v) is 12.1. The topological polar surface area (TPSA) is 56.9 Å². The molecular formula is C17H16FN3O. The number of aryl methyl sites for hydroxylation is 1. The molecule has 0 radical (unpaired) electrons. The molecule has 2 aromatic carbocycles. The Kier molecular flexibility index (Phi) is 3.78. The molecule has 0 unspecified atom stereocenters. The van der Waals surface area contributed by atoms with Crippen molar-refractivity contribution >= 4 is 22.6 Å². The molecule has 1 heterocycles. The van der Waals surface area contributed by atoms with Crippen molar-refractivity contribution in [3.63, 3.8) is 0 Å². The fraction of sp³-hybridized carbons (Fsp3) is 0.118. The van der Waals surface area contributed by atoms with Gasteiger partial charge in [-0.25, -0.2) is 9.18 Å². The van der Waals surface area contributed by atoms with E-state index in [1.807, 2.05) is 31.2 Å². The molecule has 22 heavy (non-hydrogen) atoms. The lowest BCUT2D eigenvalue weighted by molar-refractivity contribution is 0.252. The van der Waals surface area contributed by atoms with Crippen molar-refractivity contribution in [1.82, 2.24) is 10.3 Å². The number of H-pyrrole nitrogens is 1. The minimum absolute atomic E-state index is 0.289. The summed E-state index contributed by atoms with van der Waals surface area (Å²) in [5.41, 5.74) is 3.61. The summed E-state index contributed by atoms with van der Waals surface area (Å²) in [6.45, 7) is 2.31. The van der Waals surface area contributed by atoms with E-state index >= 15 is 0 Å². The van der Waals surface area contributed by atoms with Gasteiger partial charge in [0.15, 0.2) is 0 Å². The standard InChI is InChI=1S/C17H16FN3O/c1-11-9-14-15(20-11)3-2-4-16(14)21-17(22)19-10-12-5-7-13(18)8-6-12/h2-9,20H,10H2,1H3,(H2,19,21,22). The van der Waals surface area contributed by atoms with Gasteiger partial charge in [-0.2, -0.15) is 0 Å². The summed E-state index contributed by atoms with van der Waals surface area (Å²) in [4.78, 5) is 15.2. The van der Waals surface area contributed by atoms with Crippen LogP contribution < -0.4 is 10.6 Å². The first-order valence-electron chi connectivity index (χ1n) is 6.99. The second-order valence-corrected chi connectivity index (χ2v) is 5.15. The molecule has 0 aliphatic heterocycles. The van der Waals surface area contributed by atoms with E-state index < -0.39 is 0 Å². The number of aromatic nitrogens is 1. The van der Waals surface area contributed by atoms with Crippen LogP contribution in [0.3, 0.4) is 0 Å². The van der Waals surface area contributed by atoms with Gasteiger partial charge in [0, 0.05) is 23.1 Å². The van der Waals surface area contributed by atoms with Crippen LogP contribution in [0.5, 0.6) is 0 Å². The minimum atomic E-state index is -0.296. The number of carbonyl (C=O) groups is 1. The van der Waals surface area contributed by atoms with Crippen LogP contribution in [0.2, 0.25) is 0 Å². The molecular weight excluding hydrogens is 281 g/mol. The van der Waals surface area contributed by atoms with Crippen molar-refractivity contribution in [3.05, 3.63) is 65.6 Å². The molecule has 2 amide bonds. The molecule has 0 saturated heterocycles. The lowest BCUT2D eigenvalue weighted by atomic mass is 10.2. The first kappa shape index (κ1) is 14.1. The lowest BCUT2D eigenvalue weighted by Crippen LogP contribution is -2.28. The Balaban J connectivity index is 1.67. The lowest BCUT2D eigenvalue weighted by Gasteiger charge is -2.08. The SMILES string of the molecule is Cc1cc2c(NC(=O)NCc3ccc(F)cc3)cccc2[nH]1. The Morgan fingerprint density at radius 2 is 1.95 bits per heavy atom. The van der Waals surface area contributed by atoms with Gasteiger partial charge in [-0.15, -0.1) is 0 Å². The van der Waals surface area contributed by atoms with Crippen molar-refractivity contribution in [2.24, 2.45) is 0 Å². The van der Waals surface area contributed by atoms with Gasteiger partial charge in [-0.05, 0) is 42.8 Å². The van der Waals surface area contributed by atoms with Gasteiger partial charge in [0.25, 0.3) is 0 Å². The maximum atomic E-state index is 12.8. The highest BCUT2D eigenvalue weighted by Gasteiger charge is 2.07. The molecule has 3 aromatic rings. The fourth-order valence-corrected chi connectivity index (χ4v) is 2.35. The van der Waals surface area contributed by atoms with Crippen LogP contribution in [-0.2, 0) is 6.54 Å². The number of aromatic amines is 1. The van der Waals surface area contributed by atoms with Crippen molar-refractivity contribution in [2.75, 3.05) is 5.32 Å². The largest absolute Gasteiger partial charge is 0.359 e. The van der Waals surface area contributed by atoms with Gasteiger partial charge in [-0.1, -0.05) is 18.2 Å². The van der Waals surface area contributed by atoms with Gasteiger partial charge < -0.3 is 15.6 Å². The van der Waals surface area contributed by atoms with E-state index in [9.17, 15) is 9.18 Å². The second-order valence-electron chi connectivity index (χ2n) is 5.15. The molecule has 0 bridgehead atoms. The van der Waals surface area contributed by atoms with E-state index in [4.69, 9.17) is 0 Å². The van der Waals surface area contributed by atoms with Gasteiger partial charge >= 0.3 is 6.03 Å². The van der Waals surface area contributed by atoms with Crippen LogP contribution in [0.25, 0.3) is 10.9 Å². The average molecular weight is 297 g/mol. The smallest absolute Gasteiger partial charge is 0.319 e. The highest BCUT2D eigenvalue weighted by molar-refractivity contribution is 6.00. The summed E-state index contributed by atoms with van der Waals surface area (Å²) in [6, 6.07) is 13.4. The maximum Gasteiger partial charge on any atom is 0.319 e. The Morgan fingerprint density at radius 1 is 1.18 bits per heavy atom. The molecule has 3 rings (SSSR count). The number of urea groups is 1. The van der Waals surface area contributed by atoms with Crippen LogP contribution in [0.1, 0.15) is 11.3 Å². The highest BCUT2D eigenvalue weighted by atomic mass is 19.1. The number of carbonyl (C=O) groups excluding carboxylic acids is 1. The third-order valence-corrected chi connectivity index (χ3v) is 3.41. The van der Waals surface area contributed by atoms with Crippen LogP contribution in [0, 0.1) is 12.7 Å². The Labute approximate surface area is 127 Å². The van der Waals surface area contributed by atoms with Crippen LogP contribution >= 0.6 is 0 Å². The molecule has 5 heteroatoms. The van der Waals surface area contributed by atoms with Crippen molar-refractivity contribution in [1.29, 1.82) is 0 Å². The van der Waals surface area contributed by atoms with Crippen LogP contribution in [-0.4, -0.2) is 11.0 Å². The molecule has 112 valence electrons.